The average Bonchev–Trinajstić information content (AvgIpc) is 3.15. The van der Waals surface area contributed by atoms with Crippen LogP contribution in [0.5, 0.6) is 0 Å². The molecule has 53 heavy (non-hydrogen) atoms. The highest BCUT2D eigenvalue weighted by molar-refractivity contribution is 5.69. The summed E-state index contributed by atoms with van der Waals surface area (Å²) in [7, 11) is 1.81. The van der Waals surface area contributed by atoms with Gasteiger partial charge in [0, 0.05) is 82.4 Å². The van der Waals surface area contributed by atoms with Gasteiger partial charge < -0.3 is 20.5 Å². The number of nitrogens with one attached hydrogen (secondary N) is 2. The van der Waals surface area contributed by atoms with E-state index in [1.165, 1.54) is 55.6 Å². The van der Waals surface area contributed by atoms with E-state index in [0.717, 1.165) is 45.9 Å². The number of methoxy groups -OCH3 is 1. The van der Waals surface area contributed by atoms with Gasteiger partial charge in [0.25, 0.3) is 0 Å². The van der Waals surface area contributed by atoms with Crippen LogP contribution >= 0.6 is 0 Å². The first kappa shape index (κ1) is 37.4. The van der Waals surface area contributed by atoms with Crippen molar-refractivity contribution in [1.82, 2.24) is 20.4 Å². The third-order valence-corrected chi connectivity index (χ3v) is 12.5. The summed E-state index contributed by atoms with van der Waals surface area (Å²) in [5.41, 5.74) is 13.4. The van der Waals surface area contributed by atoms with E-state index in [2.05, 4.69) is 157 Å². The normalized spacial score (nSPS) is 26.8. The van der Waals surface area contributed by atoms with Crippen LogP contribution in [-0.2, 0) is 4.74 Å². The minimum Gasteiger partial charge on any atom is -0.395 e. The molecule has 6 heteroatoms. The van der Waals surface area contributed by atoms with Gasteiger partial charge in [-0.2, -0.15) is 0 Å². The Balaban J connectivity index is 0.000000164. The van der Waals surface area contributed by atoms with Crippen LogP contribution in [0.4, 0.5) is 0 Å². The molecule has 0 aliphatic carbocycles. The Labute approximate surface area is 317 Å². The number of benzene rings is 4. The Bertz CT molecular complexity index is 1880. The summed E-state index contributed by atoms with van der Waals surface area (Å²) >= 11 is 0. The summed E-state index contributed by atoms with van der Waals surface area (Å²) in [4.78, 5) is 5.00. The van der Waals surface area contributed by atoms with E-state index in [0.29, 0.717) is 30.0 Å². The van der Waals surface area contributed by atoms with Crippen molar-refractivity contribution in [3.8, 4) is 22.3 Å². The summed E-state index contributed by atoms with van der Waals surface area (Å²) in [6, 6.07) is 33.0. The molecule has 0 amide bonds. The van der Waals surface area contributed by atoms with E-state index in [1.807, 2.05) is 7.11 Å². The molecule has 0 radical (unpaired) electrons. The van der Waals surface area contributed by atoms with Crippen LogP contribution in [0.1, 0.15) is 45.2 Å². The van der Waals surface area contributed by atoms with Crippen LogP contribution < -0.4 is 10.6 Å². The molecule has 4 heterocycles. The van der Waals surface area contributed by atoms with Gasteiger partial charge >= 0.3 is 0 Å². The van der Waals surface area contributed by atoms with Crippen molar-refractivity contribution < 1.29 is 9.84 Å². The topological polar surface area (TPSA) is 60.0 Å². The summed E-state index contributed by atoms with van der Waals surface area (Å²) in [5.74, 6) is 0.920. The molecule has 278 valence electrons. The number of aliphatic hydroxyl groups excluding tert-OH is 1. The van der Waals surface area contributed by atoms with Crippen LogP contribution in [0.25, 0.3) is 22.3 Å². The van der Waals surface area contributed by atoms with Gasteiger partial charge in [0.05, 0.1) is 13.2 Å². The van der Waals surface area contributed by atoms with Gasteiger partial charge in [-0.15, -0.1) is 0 Å². The third-order valence-electron chi connectivity index (χ3n) is 12.5. The minimum atomic E-state index is 0.216. The number of hydrogen-bond donors (Lipinski definition) is 3. The second-order valence-corrected chi connectivity index (χ2v) is 15.4. The molecular formula is C47H58N4O2. The van der Waals surface area contributed by atoms with E-state index in [4.69, 9.17) is 4.74 Å². The van der Waals surface area contributed by atoms with Crippen LogP contribution in [0, 0.1) is 27.7 Å². The fourth-order valence-corrected chi connectivity index (χ4v) is 9.22. The molecule has 2 unspecified atom stereocenters. The average molecular weight is 711 g/mol. The fourth-order valence-electron chi connectivity index (χ4n) is 9.22. The van der Waals surface area contributed by atoms with Crippen LogP contribution in [0.15, 0.2) is 109 Å². The third kappa shape index (κ3) is 7.72. The number of hydrogen-bond acceptors (Lipinski definition) is 6. The van der Waals surface area contributed by atoms with E-state index < -0.39 is 0 Å². The monoisotopic (exact) mass is 710 g/mol. The van der Waals surface area contributed by atoms with Crippen LogP contribution in [0.3, 0.4) is 0 Å². The van der Waals surface area contributed by atoms with Crippen molar-refractivity contribution in [2.24, 2.45) is 0 Å². The molecule has 0 saturated carbocycles. The largest absolute Gasteiger partial charge is 0.395 e. The summed E-state index contributed by atoms with van der Waals surface area (Å²) < 4.78 is 5.55. The molecule has 4 aliphatic rings. The van der Waals surface area contributed by atoms with E-state index >= 15 is 0 Å². The maximum absolute atomic E-state index is 9.93. The maximum Gasteiger partial charge on any atom is 0.0624 e. The van der Waals surface area contributed by atoms with E-state index in [9.17, 15) is 5.11 Å². The molecule has 0 bridgehead atoms. The summed E-state index contributed by atoms with van der Waals surface area (Å²) in [6.07, 6.45) is 8.90. The van der Waals surface area contributed by atoms with Crippen molar-refractivity contribution in [2.45, 2.75) is 63.7 Å². The highest BCUT2D eigenvalue weighted by atomic mass is 16.5. The SMILES string of the molecule is COC[C@@H]1[C@@H](c2ccc(-c3cccc(C)c3C)cc2)C2CNC/C=C\CN21.Cc1cccc(-c2ccc([C@H]3C4CNC/C=C\CN4[C@@H]3CO)cc2)c1C. The zero-order valence-electron chi connectivity index (χ0n) is 32.3. The molecule has 4 aliphatic heterocycles. The van der Waals surface area contributed by atoms with Crippen molar-refractivity contribution in [3.63, 3.8) is 0 Å². The first-order valence-electron chi connectivity index (χ1n) is 19.6. The highest BCUT2D eigenvalue weighted by Crippen LogP contribution is 2.43. The molecule has 4 aromatic carbocycles. The lowest BCUT2D eigenvalue weighted by Gasteiger charge is -2.55. The molecule has 0 aromatic heterocycles. The lowest BCUT2D eigenvalue weighted by molar-refractivity contribution is -0.0440. The molecule has 3 N–H and O–H groups in total. The quantitative estimate of drug-likeness (QED) is 0.177. The molecule has 2 saturated heterocycles. The number of aryl methyl sites for hydroxylation is 2. The molecule has 6 atom stereocenters. The Kier molecular flexibility index (Phi) is 12.1. The van der Waals surface area contributed by atoms with Gasteiger partial charge in [0.15, 0.2) is 0 Å². The van der Waals surface area contributed by atoms with Gasteiger partial charge in [0.1, 0.15) is 0 Å². The zero-order chi connectivity index (χ0) is 36.9. The number of ether oxygens (including phenoxy) is 1. The smallest absolute Gasteiger partial charge is 0.0624 e. The Morgan fingerprint density at radius 3 is 1.51 bits per heavy atom. The van der Waals surface area contributed by atoms with Crippen LogP contribution in [-0.4, -0.2) is 98.7 Å². The molecule has 2 fully saturated rings. The summed E-state index contributed by atoms with van der Waals surface area (Å²) in [5, 5.41) is 17.0. The van der Waals surface area contributed by atoms with Crippen molar-refractivity contribution >= 4 is 0 Å². The molecule has 4 aromatic rings. The predicted octanol–water partition coefficient (Wildman–Crippen LogP) is 7.17. The van der Waals surface area contributed by atoms with E-state index in [1.54, 1.807) is 0 Å². The predicted molar refractivity (Wildman–Crippen MR) is 220 cm³/mol. The second-order valence-electron chi connectivity index (χ2n) is 15.4. The fraction of sp³-hybridized carbons (Fsp3) is 0.404. The zero-order valence-corrected chi connectivity index (χ0v) is 32.3. The molecular weight excluding hydrogens is 653 g/mol. The van der Waals surface area contributed by atoms with E-state index in [-0.39, 0.29) is 12.6 Å². The van der Waals surface area contributed by atoms with Gasteiger partial charge in [0.2, 0.25) is 0 Å². The van der Waals surface area contributed by atoms with Gasteiger partial charge in [-0.25, -0.2) is 0 Å². The summed E-state index contributed by atoms with van der Waals surface area (Å²) in [6.45, 7) is 15.6. The minimum absolute atomic E-state index is 0.216. The standard InChI is InChI=1S/C24H30N2O.C23H28N2O/c1-17-7-6-8-21(18(17)2)19-9-11-20(12-10-19)24-22-15-25-13-4-5-14-26(22)23(24)16-27-3;1-16-6-5-7-20(17(16)2)18-8-10-19(11-9-18)23-21-14-24-12-3-4-13-25(21)22(23)15-26/h4-12,22-25H,13-16H2,1-3H3;3-11,21-24,26H,12-15H2,1-2H3/b5-4-;4-3-/t22?,23-,24+;21?,22-,23+/m11/s1. The number of nitrogens with zero attached hydrogens (tertiary/aromatic N) is 2. The lowest BCUT2D eigenvalue weighted by Crippen LogP contribution is -2.67. The number of rotatable bonds is 7. The first-order chi connectivity index (χ1) is 25.9. The second kappa shape index (κ2) is 17.1. The Morgan fingerprint density at radius 1 is 0.604 bits per heavy atom. The molecule has 0 spiro atoms. The highest BCUT2D eigenvalue weighted by Gasteiger charge is 2.49. The molecule has 6 nitrogen and oxygen atoms in total. The van der Waals surface area contributed by atoms with Gasteiger partial charge in [-0.05, 0) is 83.3 Å². The van der Waals surface area contributed by atoms with Crippen molar-refractivity contribution in [3.05, 3.63) is 143 Å². The Hall–Kier alpha value is -3.88. The first-order valence-corrected chi connectivity index (χ1v) is 19.6. The number of fused-ring (bicyclic) bond motifs is 2. The Morgan fingerprint density at radius 2 is 1.06 bits per heavy atom. The van der Waals surface area contributed by atoms with Crippen LogP contribution in [0.2, 0.25) is 0 Å². The van der Waals surface area contributed by atoms with Crippen molar-refractivity contribution in [2.75, 3.05) is 59.6 Å². The van der Waals surface area contributed by atoms with Gasteiger partial charge in [-0.3, -0.25) is 9.80 Å². The molecule has 8 rings (SSSR count). The van der Waals surface area contributed by atoms with Crippen molar-refractivity contribution in [1.29, 1.82) is 0 Å². The lowest BCUT2D eigenvalue weighted by atomic mass is 9.74. The maximum atomic E-state index is 9.93. The number of aliphatic hydroxyl groups is 1. The van der Waals surface area contributed by atoms with Gasteiger partial charge in [-0.1, -0.05) is 109 Å².